The lowest BCUT2D eigenvalue weighted by Crippen LogP contribution is -1.64. The van der Waals surface area contributed by atoms with E-state index in [2.05, 4.69) is 9.97 Å². The highest BCUT2D eigenvalue weighted by atomic mass is 33.1. The molecule has 0 aromatic carbocycles. The van der Waals surface area contributed by atoms with Gasteiger partial charge in [-0.05, 0) is 21.6 Å². The van der Waals surface area contributed by atoms with Gasteiger partial charge in [-0.25, -0.2) is 9.97 Å². The number of rotatable bonds is 6. The molecule has 0 fully saturated rings. The molecule has 0 aliphatic carbocycles. The van der Waals surface area contributed by atoms with E-state index in [4.69, 9.17) is 0 Å². The van der Waals surface area contributed by atoms with E-state index in [1.54, 1.807) is 44.3 Å². The van der Waals surface area contributed by atoms with Gasteiger partial charge in [-0.15, -0.1) is 22.7 Å². The van der Waals surface area contributed by atoms with Crippen molar-refractivity contribution in [1.29, 1.82) is 0 Å². The fourth-order valence-corrected chi connectivity index (χ4v) is 7.71. The topological polar surface area (TPSA) is 25.8 Å². The first-order valence-corrected chi connectivity index (χ1v) is 10.2. The van der Waals surface area contributed by atoms with Crippen LogP contribution in [0.25, 0.3) is 0 Å². The molecule has 0 N–H and O–H groups in total. The van der Waals surface area contributed by atoms with Crippen LogP contribution in [0.2, 0.25) is 0 Å². The lowest BCUT2D eigenvalue weighted by Gasteiger charge is -1.95. The maximum Gasteiger partial charge on any atom is 0.160 e. The number of hydrogen-bond donors (Lipinski definition) is 0. The fraction of sp³-hybridized carbons (Fsp3) is 0.143. The molecule has 2 rings (SSSR count). The van der Waals surface area contributed by atoms with Crippen LogP contribution in [0.5, 0.6) is 0 Å². The molecule has 0 aliphatic rings. The Hall–Kier alpha value is 0.660. The minimum Gasteiger partial charge on any atom is -0.237 e. The Bertz CT molecular complexity index is 322. The number of thiazole rings is 2. The molecule has 15 heavy (non-hydrogen) atoms. The maximum absolute atomic E-state index is 4.20. The van der Waals surface area contributed by atoms with E-state index in [1.165, 1.54) is 0 Å². The van der Waals surface area contributed by atoms with Crippen molar-refractivity contribution in [2.75, 3.05) is 5.08 Å². The Morgan fingerprint density at radius 2 is 1.47 bits per heavy atom. The summed E-state index contributed by atoms with van der Waals surface area (Å²) in [6.07, 6.45) is 3.68. The van der Waals surface area contributed by atoms with Crippen LogP contribution in [0.1, 0.15) is 0 Å². The van der Waals surface area contributed by atoms with Crippen LogP contribution in [0.4, 0.5) is 0 Å². The third kappa shape index (κ3) is 4.58. The zero-order chi connectivity index (χ0) is 10.3. The van der Waals surface area contributed by atoms with Crippen molar-refractivity contribution in [1.82, 2.24) is 9.97 Å². The largest absolute Gasteiger partial charge is 0.237 e. The molecule has 2 nitrogen and oxygen atoms in total. The summed E-state index contributed by atoms with van der Waals surface area (Å²) in [5.41, 5.74) is 0. The first-order valence-electron chi connectivity index (χ1n) is 3.83. The van der Waals surface area contributed by atoms with E-state index < -0.39 is 0 Å². The summed E-state index contributed by atoms with van der Waals surface area (Å²) in [7, 11) is 7.11. The summed E-state index contributed by atoms with van der Waals surface area (Å²) in [6, 6.07) is 0. The monoisotopic (exact) mass is 310 g/mol. The Labute approximate surface area is 112 Å². The van der Waals surface area contributed by atoms with E-state index in [0.29, 0.717) is 0 Å². The lowest BCUT2D eigenvalue weighted by atomic mass is 11.0. The number of aromatic nitrogens is 2. The summed E-state index contributed by atoms with van der Waals surface area (Å²) >= 11 is 3.37. The van der Waals surface area contributed by atoms with Crippen molar-refractivity contribution in [3.63, 3.8) is 0 Å². The molecule has 0 spiro atoms. The molecule has 0 atom stereocenters. The van der Waals surface area contributed by atoms with Gasteiger partial charge in [-0.2, -0.15) is 0 Å². The molecule has 0 radical (unpaired) electrons. The molecule has 0 bridgehead atoms. The molecule has 80 valence electrons. The van der Waals surface area contributed by atoms with Crippen LogP contribution in [-0.2, 0) is 0 Å². The summed E-state index contributed by atoms with van der Waals surface area (Å²) in [5, 5.41) is 5.04. The van der Waals surface area contributed by atoms with Gasteiger partial charge in [-0.1, -0.05) is 21.6 Å². The zero-order valence-corrected chi connectivity index (χ0v) is 12.3. The standard InChI is InChI=1S/C7H6N2S6/c1-3-10-6(8-1)14-12-5-13-15-7-9-2-4-11-7/h1-4H,5H2. The summed E-state index contributed by atoms with van der Waals surface area (Å²) in [6.45, 7) is 0. The van der Waals surface area contributed by atoms with Gasteiger partial charge in [0.15, 0.2) is 8.68 Å². The number of hydrogen-bond acceptors (Lipinski definition) is 8. The molecule has 2 heterocycles. The highest BCUT2D eigenvalue weighted by molar-refractivity contribution is 8.85. The van der Waals surface area contributed by atoms with Crippen molar-refractivity contribution in [3.05, 3.63) is 23.2 Å². The average molecular weight is 311 g/mol. The van der Waals surface area contributed by atoms with E-state index >= 15 is 0 Å². The molecule has 0 aliphatic heterocycles. The minimum absolute atomic E-state index is 1.04. The van der Waals surface area contributed by atoms with Crippen molar-refractivity contribution < 1.29 is 0 Å². The lowest BCUT2D eigenvalue weighted by molar-refractivity contribution is 1.26. The Morgan fingerprint density at radius 3 is 1.87 bits per heavy atom. The predicted molar refractivity (Wildman–Crippen MR) is 76.0 cm³/mol. The summed E-state index contributed by atoms with van der Waals surface area (Å²) in [5.74, 6) is 0. The highest BCUT2D eigenvalue weighted by Gasteiger charge is 1.99. The van der Waals surface area contributed by atoms with E-state index in [1.807, 2.05) is 44.7 Å². The van der Waals surface area contributed by atoms with Crippen LogP contribution in [0.3, 0.4) is 0 Å². The van der Waals surface area contributed by atoms with Crippen molar-refractivity contribution in [2.24, 2.45) is 0 Å². The van der Waals surface area contributed by atoms with Gasteiger partial charge in [-0.3, -0.25) is 0 Å². The van der Waals surface area contributed by atoms with Crippen LogP contribution in [-0.4, -0.2) is 15.1 Å². The molecule has 8 heteroatoms. The molecule has 0 saturated carbocycles. The summed E-state index contributed by atoms with van der Waals surface area (Å²) in [4.78, 5) is 8.40. The predicted octanol–water partition coefficient (Wildman–Crippen LogP) is 4.74. The molecule has 0 saturated heterocycles. The highest BCUT2D eigenvalue weighted by Crippen LogP contribution is 2.40. The second kappa shape index (κ2) is 7.08. The number of nitrogens with zero attached hydrogens (tertiary/aromatic N) is 2. The normalized spacial score (nSPS) is 10.7. The van der Waals surface area contributed by atoms with Crippen molar-refractivity contribution in [2.45, 2.75) is 8.68 Å². The first-order chi connectivity index (χ1) is 7.45. The van der Waals surface area contributed by atoms with Gasteiger partial charge < -0.3 is 0 Å². The molecule has 0 unspecified atom stereocenters. The summed E-state index contributed by atoms with van der Waals surface area (Å²) < 4.78 is 2.25. The average Bonchev–Trinajstić information content (AvgIpc) is 2.88. The van der Waals surface area contributed by atoms with Crippen LogP contribution in [0.15, 0.2) is 31.8 Å². The second-order valence-electron chi connectivity index (χ2n) is 2.12. The van der Waals surface area contributed by atoms with E-state index in [-0.39, 0.29) is 0 Å². The third-order valence-electron chi connectivity index (χ3n) is 1.18. The van der Waals surface area contributed by atoms with Gasteiger partial charge in [0.2, 0.25) is 0 Å². The molecular formula is C7H6N2S6. The third-order valence-corrected chi connectivity index (χ3v) is 8.90. The Balaban J connectivity index is 1.56. The Kier molecular flexibility index (Phi) is 5.72. The van der Waals surface area contributed by atoms with Gasteiger partial charge >= 0.3 is 0 Å². The zero-order valence-electron chi connectivity index (χ0n) is 7.36. The van der Waals surface area contributed by atoms with Crippen molar-refractivity contribution >= 4 is 65.8 Å². The molecule has 2 aromatic heterocycles. The van der Waals surface area contributed by atoms with E-state index in [0.717, 1.165) is 13.8 Å². The van der Waals surface area contributed by atoms with Crippen LogP contribution in [0, 0.1) is 0 Å². The second-order valence-corrected chi connectivity index (χ2v) is 9.36. The van der Waals surface area contributed by atoms with Gasteiger partial charge in [0, 0.05) is 23.2 Å². The SMILES string of the molecule is c1csc(SSCSSc2nccs2)n1. The maximum atomic E-state index is 4.20. The molecule has 0 amide bonds. The quantitative estimate of drug-likeness (QED) is 0.434. The first kappa shape index (κ1) is 12.1. The minimum atomic E-state index is 1.04. The van der Waals surface area contributed by atoms with Crippen molar-refractivity contribution in [3.8, 4) is 0 Å². The fourth-order valence-electron chi connectivity index (χ4n) is 0.672. The Morgan fingerprint density at radius 1 is 0.933 bits per heavy atom. The van der Waals surface area contributed by atoms with Crippen LogP contribution < -0.4 is 0 Å². The molecule has 2 aromatic rings. The van der Waals surface area contributed by atoms with Crippen LogP contribution >= 0.6 is 65.8 Å². The van der Waals surface area contributed by atoms with Gasteiger partial charge in [0.25, 0.3) is 0 Å². The van der Waals surface area contributed by atoms with Gasteiger partial charge in [0.05, 0.1) is 5.08 Å². The van der Waals surface area contributed by atoms with Gasteiger partial charge in [0.1, 0.15) is 0 Å². The molecular weight excluding hydrogens is 304 g/mol. The van der Waals surface area contributed by atoms with E-state index in [9.17, 15) is 0 Å². The smallest absolute Gasteiger partial charge is 0.160 e.